The lowest BCUT2D eigenvalue weighted by Crippen LogP contribution is -2.12. The van der Waals surface area contributed by atoms with E-state index < -0.39 is 6.04 Å². The Morgan fingerprint density at radius 2 is 1.78 bits per heavy atom. The maximum absolute atomic E-state index is 12.1. The van der Waals surface area contributed by atoms with Gasteiger partial charge in [0.25, 0.3) is 0 Å². The highest BCUT2D eigenvalue weighted by molar-refractivity contribution is 7.15. The van der Waals surface area contributed by atoms with Crippen LogP contribution in [-0.4, -0.2) is 33.6 Å². The van der Waals surface area contributed by atoms with Crippen LogP contribution in [0.5, 0.6) is 0 Å². The highest BCUT2D eigenvalue weighted by Gasteiger charge is 2.32. The lowest BCUT2D eigenvalue weighted by molar-refractivity contribution is -0.141. The zero-order chi connectivity index (χ0) is 23.6. The summed E-state index contributed by atoms with van der Waals surface area (Å²) in [6.45, 7) is 12.6. The smallest absolute Gasteiger partial charge is 0.308 e. The first-order valence-corrected chi connectivity index (χ1v) is 11.8. The van der Waals surface area contributed by atoms with Crippen LogP contribution in [0.2, 0.25) is 5.02 Å². The summed E-state index contributed by atoms with van der Waals surface area (Å²) in [4.78, 5) is 18.3. The van der Waals surface area contributed by atoms with Gasteiger partial charge in [0.2, 0.25) is 0 Å². The third-order valence-electron chi connectivity index (χ3n) is 4.94. The van der Waals surface area contributed by atoms with Gasteiger partial charge in [-0.3, -0.25) is 14.4 Å². The van der Waals surface area contributed by atoms with E-state index in [4.69, 9.17) is 21.3 Å². The fourth-order valence-corrected chi connectivity index (χ4v) is 4.71. The van der Waals surface area contributed by atoms with Gasteiger partial charge in [-0.15, -0.1) is 21.5 Å². The number of aromatic nitrogens is 3. The number of esters is 1. The zero-order valence-electron chi connectivity index (χ0n) is 19.6. The van der Waals surface area contributed by atoms with E-state index in [1.807, 2.05) is 35.8 Å². The van der Waals surface area contributed by atoms with Crippen LogP contribution in [-0.2, 0) is 9.53 Å². The van der Waals surface area contributed by atoms with Crippen LogP contribution in [0.1, 0.15) is 66.5 Å². The molecule has 8 heteroatoms. The number of fused-ring (bicyclic) bond motifs is 3. The van der Waals surface area contributed by atoms with E-state index in [1.165, 1.54) is 12.0 Å². The minimum atomic E-state index is -0.487. The van der Waals surface area contributed by atoms with Gasteiger partial charge in [-0.25, -0.2) is 0 Å². The largest absolute Gasteiger partial charge is 0.469 e. The normalized spacial score (nSPS) is 14.7. The lowest BCUT2D eigenvalue weighted by Gasteiger charge is -2.11. The van der Waals surface area contributed by atoms with E-state index in [9.17, 15) is 4.79 Å². The number of hydrogen-bond donors (Lipinski definition) is 0. The lowest BCUT2D eigenvalue weighted by atomic mass is 9.99. The predicted octanol–water partition coefficient (Wildman–Crippen LogP) is 6.02. The van der Waals surface area contributed by atoms with Crippen LogP contribution < -0.4 is 0 Å². The third kappa shape index (κ3) is 4.94. The molecule has 2 aromatic heterocycles. The molecule has 170 valence electrons. The van der Waals surface area contributed by atoms with Crippen molar-refractivity contribution in [2.45, 2.75) is 54.0 Å². The van der Waals surface area contributed by atoms with Gasteiger partial charge < -0.3 is 4.74 Å². The number of aryl methyl sites for hydroxylation is 2. The number of methoxy groups -OCH3 is 1. The first-order valence-electron chi connectivity index (χ1n) is 10.6. The summed E-state index contributed by atoms with van der Waals surface area (Å²) in [5, 5.41) is 10.3. The predicted molar refractivity (Wildman–Crippen MR) is 130 cm³/mol. The summed E-state index contributed by atoms with van der Waals surface area (Å²) in [7, 11) is 1.38. The summed E-state index contributed by atoms with van der Waals surface area (Å²) in [6.07, 6.45) is 0.0959. The summed E-state index contributed by atoms with van der Waals surface area (Å²) in [5.41, 5.74) is 3.97. The number of carbonyl (C=O) groups is 1. The van der Waals surface area contributed by atoms with Crippen LogP contribution in [0.3, 0.4) is 0 Å². The quantitative estimate of drug-likeness (QED) is 0.436. The Balaban J connectivity index is 0.000000668. The second kappa shape index (κ2) is 9.96. The van der Waals surface area contributed by atoms with Crippen molar-refractivity contribution in [1.29, 1.82) is 0 Å². The molecule has 0 fully saturated rings. The molecular formula is C24H29ClN4O2S. The summed E-state index contributed by atoms with van der Waals surface area (Å²) in [5.74, 6) is 1.91. The van der Waals surface area contributed by atoms with Crippen molar-refractivity contribution < 1.29 is 9.53 Å². The fourth-order valence-electron chi connectivity index (χ4n) is 3.37. The molecule has 4 rings (SSSR count). The van der Waals surface area contributed by atoms with Crippen LogP contribution in [0.15, 0.2) is 29.3 Å². The number of nitrogens with zero attached hydrogens (tertiary/aromatic N) is 4. The van der Waals surface area contributed by atoms with Crippen LogP contribution >= 0.6 is 22.9 Å². The average Bonchev–Trinajstić information content (AvgIpc) is 3.20. The first kappa shape index (κ1) is 24.1. The molecule has 1 aliphatic heterocycles. The summed E-state index contributed by atoms with van der Waals surface area (Å²) in [6, 6.07) is 7.11. The van der Waals surface area contributed by atoms with Crippen LogP contribution in [0.4, 0.5) is 0 Å². The number of aliphatic imine (C=N–C) groups is 1. The van der Waals surface area contributed by atoms with E-state index >= 15 is 0 Å². The molecule has 0 aliphatic carbocycles. The fraction of sp³-hybridized carbons (Fsp3) is 0.417. The molecule has 0 unspecified atom stereocenters. The first-order chi connectivity index (χ1) is 15.1. The Hall–Kier alpha value is -2.51. The van der Waals surface area contributed by atoms with Gasteiger partial charge in [0.1, 0.15) is 16.9 Å². The van der Waals surface area contributed by atoms with E-state index in [-0.39, 0.29) is 12.4 Å². The topological polar surface area (TPSA) is 69.4 Å². The Kier molecular flexibility index (Phi) is 7.51. The molecule has 1 aromatic carbocycles. The maximum atomic E-state index is 12.1. The van der Waals surface area contributed by atoms with E-state index in [2.05, 4.69) is 44.8 Å². The van der Waals surface area contributed by atoms with Gasteiger partial charge >= 0.3 is 5.97 Å². The number of rotatable bonds is 3. The molecule has 1 atom stereocenters. The van der Waals surface area contributed by atoms with E-state index in [0.717, 1.165) is 39.1 Å². The monoisotopic (exact) mass is 472 g/mol. The molecule has 32 heavy (non-hydrogen) atoms. The van der Waals surface area contributed by atoms with Crippen LogP contribution in [0, 0.1) is 26.7 Å². The summed E-state index contributed by atoms with van der Waals surface area (Å²) >= 11 is 7.77. The van der Waals surface area contributed by atoms with Crippen molar-refractivity contribution in [2.75, 3.05) is 7.11 Å². The minimum absolute atomic E-state index is 0.0959. The maximum Gasteiger partial charge on any atom is 0.308 e. The molecule has 0 saturated carbocycles. The van der Waals surface area contributed by atoms with Crippen molar-refractivity contribution >= 4 is 34.6 Å². The standard InChI is InChI=1S/C20H19ClN4O2S.C4H10/c1-10-11(2)28-20-17(10)18(13-5-7-14(21)8-6-13)22-15(9-16(26)27-4)19-24-23-12(3)25(19)20;1-4(2)3/h5-8,15H,9H2,1-4H3;4H,1-3H3/t15-;/m0./s1. The Morgan fingerprint density at radius 1 is 1.16 bits per heavy atom. The minimum Gasteiger partial charge on any atom is -0.469 e. The molecule has 0 N–H and O–H groups in total. The van der Waals surface area contributed by atoms with Crippen LogP contribution in [0.25, 0.3) is 5.00 Å². The number of carbonyl (C=O) groups excluding carboxylic acids is 1. The van der Waals surface area contributed by atoms with Gasteiger partial charge in [0.05, 0.1) is 19.2 Å². The number of thiophene rings is 1. The van der Waals surface area contributed by atoms with Gasteiger partial charge in [-0.2, -0.15) is 0 Å². The van der Waals surface area contributed by atoms with Gasteiger partial charge in [0.15, 0.2) is 5.82 Å². The van der Waals surface area contributed by atoms with Crippen molar-refractivity contribution in [3.63, 3.8) is 0 Å². The molecule has 0 bridgehead atoms. The molecular weight excluding hydrogens is 444 g/mol. The zero-order valence-corrected chi connectivity index (χ0v) is 21.1. The molecule has 1 aliphatic rings. The Morgan fingerprint density at radius 3 is 2.38 bits per heavy atom. The SMILES string of the molecule is CC(C)C.COC(=O)C[C@@H]1N=C(c2ccc(Cl)cc2)c2c(sc(C)c2C)-n2c(C)nnc21. The van der Waals surface area contributed by atoms with E-state index in [1.54, 1.807) is 11.3 Å². The van der Waals surface area contributed by atoms with Crippen molar-refractivity contribution in [1.82, 2.24) is 14.8 Å². The molecule has 3 aromatic rings. The number of benzene rings is 1. The van der Waals surface area contributed by atoms with Crippen molar-refractivity contribution in [3.8, 4) is 5.00 Å². The molecule has 3 heterocycles. The average molecular weight is 473 g/mol. The second-order valence-electron chi connectivity index (χ2n) is 8.42. The van der Waals surface area contributed by atoms with Crippen molar-refractivity contribution in [2.24, 2.45) is 10.9 Å². The van der Waals surface area contributed by atoms with E-state index in [0.29, 0.717) is 10.8 Å². The highest BCUT2D eigenvalue weighted by Crippen LogP contribution is 2.39. The van der Waals surface area contributed by atoms with Gasteiger partial charge in [0, 0.05) is 21.0 Å². The number of ether oxygens (including phenoxy) is 1. The molecule has 6 nitrogen and oxygen atoms in total. The number of halogens is 1. The Bertz CT molecular complexity index is 1140. The highest BCUT2D eigenvalue weighted by atomic mass is 35.5. The molecule has 0 spiro atoms. The van der Waals surface area contributed by atoms with Crippen molar-refractivity contribution in [3.05, 3.63) is 62.5 Å². The third-order valence-corrected chi connectivity index (χ3v) is 6.39. The second-order valence-corrected chi connectivity index (χ2v) is 10.1. The Labute approximate surface area is 198 Å². The molecule has 0 amide bonds. The number of hydrogen-bond acceptors (Lipinski definition) is 6. The van der Waals surface area contributed by atoms with Gasteiger partial charge in [-0.1, -0.05) is 44.5 Å². The van der Waals surface area contributed by atoms with Gasteiger partial charge in [-0.05, 0) is 44.4 Å². The molecule has 0 radical (unpaired) electrons. The molecule has 0 saturated heterocycles. The summed E-state index contributed by atoms with van der Waals surface area (Å²) < 4.78 is 6.91.